The van der Waals surface area contributed by atoms with Gasteiger partial charge in [0.05, 0.1) is 12.7 Å². The van der Waals surface area contributed by atoms with Crippen molar-refractivity contribution in [3.63, 3.8) is 0 Å². The number of aromatic nitrogens is 2. The molecule has 2 heterocycles. The maximum atomic E-state index is 12.7. The predicted molar refractivity (Wildman–Crippen MR) is 140 cm³/mol. The summed E-state index contributed by atoms with van der Waals surface area (Å²) in [5, 5.41) is 14.3. The molecule has 3 rings (SSSR count). The molecule has 0 fully saturated rings. The Labute approximate surface area is 207 Å². The predicted octanol–water partition coefficient (Wildman–Crippen LogP) is 7.57. The van der Waals surface area contributed by atoms with Crippen LogP contribution in [0.3, 0.4) is 0 Å². The smallest absolute Gasteiger partial charge is 0.163 e. The fraction of sp³-hybridized carbons (Fsp3) is 0.500. The number of ketones is 1. The van der Waals surface area contributed by atoms with Gasteiger partial charge in [-0.2, -0.15) is 11.3 Å². The van der Waals surface area contributed by atoms with E-state index in [9.17, 15) is 4.79 Å². The van der Waals surface area contributed by atoms with Crippen molar-refractivity contribution in [1.82, 2.24) is 10.2 Å². The minimum atomic E-state index is 0.0275. The quantitative estimate of drug-likeness (QED) is 0.259. The lowest BCUT2D eigenvalue weighted by atomic mass is 10.0. The molecule has 0 spiro atoms. The van der Waals surface area contributed by atoms with Gasteiger partial charge in [-0.25, -0.2) is 0 Å². The van der Waals surface area contributed by atoms with Crippen molar-refractivity contribution < 1.29 is 14.3 Å². The molecule has 0 atom stereocenters. The van der Waals surface area contributed by atoms with Crippen LogP contribution in [0.25, 0.3) is 0 Å². The van der Waals surface area contributed by atoms with Gasteiger partial charge < -0.3 is 9.47 Å². The Balaban J connectivity index is 0.00000129. The van der Waals surface area contributed by atoms with Crippen LogP contribution >= 0.6 is 22.7 Å². The summed E-state index contributed by atoms with van der Waals surface area (Å²) in [5.74, 6) is 1.42. The fourth-order valence-electron chi connectivity index (χ4n) is 2.86. The molecule has 0 amide bonds. The molecule has 0 aliphatic carbocycles. The van der Waals surface area contributed by atoms with E-state index in [1.807, 2.05) is 66.7 Å². The van der Waals surface area contributed by atoms with E-state index in [-0.39, 0.29) is 11.9 Å². The molecular formula is C26H38N2O3S2. The molecule has 0 aliphatic rings. The third-order valence-electron chi connectivity index (χ3n) is 4.18. The van der Waals surface area contributed by atoms with Gasteiger partial charge in [0.25, 0.3) is 0 Å². The summed E-state index contributed by atoms with van der Waals surface area (Å²) in [4.78, 5) is 12.7. The van der Waals surface area contributed by atoms with E-state index in [1.54, 1.807) is 22.7 Å². The van der Waals surface area contributed by atoms with Gasteiger partial charge in [0.15, 0.2) is 5.78 Å². The van der Waals surface area contributed by atoms with Crippen molar-refractivity contribution in [2.75, 3.05) is 6.61 Å². The first kappa shape index (κ1) is 28.8. The van der Waals surface area contributed by atoms with E-state index in [4.69, 9.17) is 9.47 Å². The van der Waals surface area contributed by atoms with Crippen LogP contribution in [0.2, 0.25) is 0 Å². The lowest BCUT2D eigenvalue weighted by Gasteiger charge is -2.14. The number of ether oxygens (including phenoxy) is 2. The van der Waals surface area contributed by atoms with E-state index in [0.717, 1.165) is 29.3 Å². The molecule has 0 unspecified atom stereocenters. The summed E-state index contributed by atoms with van der Waals surface area (Å²) in [5.41, 5.74) is 1.88. The third kappa shape index (κ3) is 10.9. The summed E-state index contributed by atoms with van der Waals surface area (Å²) in [6.07, 6.45) is 2.83. The number of hydrogen-bond acceptors (Lipinski definition) is 7. The van der Waals surface area contributed by atoms with Gasteiger partial charge in [-0.3, -0.25) is 4.79 Å². The first-order valence-electron chi connectivity index (χ1n) is 11.8. The topological polar surface area (TPSA) is 61.3 Å². The van der Waals surface area contributed by atoms with Crippen LogP contribution < -0.4 is 9.47 Å². The molecular weight excluding hydrogens is 452 g/mol. The normalized spacial score (nSPS) is 10.1. The number of thiophene rings is 1. The highest BCUT2D eigenvalue weighted by Gasteiger charge is 2.12. The highest BCUT2D eigenvalue weighted by Crippen LogP contribution is 2.26. The molecule has 1 aromatic carbocycles. The van der Waals surface area contributed by atoms with Crippen LogP contribution in [0.4, 0.5) is 0 Å². The maximum absolute atomic E-state index is 12.7. The Bertz CT molecular complexity index is 922. The summed E-state index contributed by atoms with van der Waals surface area (Å²) < 4.78 is 11.8. The number of carbonyl (C=O) groups is 1. The summed E-state index contributed by atoms with van der Waals surface area (Å²) in [6.45, 7) is 14.4. The van der Waals surface area contributed by atoms with Gasteiger partial charge in [0.2, 0.25) is 0 Å². The van der Waals surface area contributed by atoms with Crippen molar-refractivity contribution in [3.05, 3.63) is 56.2 Å². The standard InChI is InChI=1S/C22H26N2O3S2.2C2H6/c1-15(2)27-20-12-18(21(25)5-4-6-22-24-23-16(3)29-22)11-19(13-20)26-9-7-17-8-10-28-14-17;2*1-2/h8,10-15H,4-7,9H2,1-3H3;2*1-2H3. The summed E-state index contributed by atoms with van der Waals surface area (Å²) in [6, 6.07) is 7.58. The third-order valence-corrected chi connectivity index (χ3v) is 5.81. The fourth-order valence-corrected chi connectivity index (χ4v) is 4.31. The molecule has 0 saturated heterocycles. The van der Waals surface area contributed by atoms with Crippen molar-refractivity contribution in [2.45, 2.75) is 80.3 Å². The van der Waals surface area contributed by atoms with Crippen LogP contribution in [0, 0.1) is 6.92 Å². The van der Waals surface area contributed by atoms with Crippen LogP contribution in [0.1, 0.15) is 80.3 Å². The molecule has 0 aliphatic heterocycles. The SMILES string of the molecule is CC.CC.Cc1nnc(CCCC(=O)c2cc(OCCc3ccsc3)cc(OC(C)C)c2)s1. The minimum Gasteiger partial charge on any atom is -0.493 e. The first-order valence-corrected chi connectivity index (χ1v) is 13.5. The van der Waals surface area contributed by atoms with Crippen molar-refractivity contribution in [3.8, 4) is 11.5 Å². The molecule has 2 aromatic heterocycles. The zero-order chi connectivity index (χ0) is 24.6. The second-order valence-corrected chi connectivity index (χ2v) is 9.13. The number of Topliss-reactive ketones (excluding diaryl/α,β-unsaturated/α-hetero) is 1. The Morgan fingerprint density at radius 3 is 2.36 bits per heavy atom. The van der Waals surface area contributed by atoms with E-state index >= 15 is 0 Å². The van der Waals surface area contributed by atoms with E-state index < -0.39 is 0 Å². The highest BCUT2D eigenvalue weighted by atomic mass is 32.1. The molecule has 33 heavy (non-hydrogen) atoms. The van der Waals surface area contributed by atoms with Gasteiger partial charge in [-0.05, 0) is 61.7 Å². The molecule has 0 bridgehead atoms. The average molecular weight is 491 g/mol. The Morgan fingerprint density at radius 2 is 1.76 bits per heavy atom. The van der Waals surface area contributed by atoms with E-state index in [2.05, 4.69) is 27.0 Å². The Morgan fingerprint density at radius 1 is 1.03 bits per heavy atom. The van der Waals surface area contributed by atoms with Crippen LogP contribution in [-0.2, 0) is 12.8 Å². The molecule has 3 aromatic rings. The molecule has 182 valence electrons. The second kappa shape index (κ2) is 16.4. The molecule has 0 radical (unpaired) electrons. The number of aryl methyl sites for hydroxylation is 2. The number of nitrogens with zero attached hydrogens (tertiary/aromatic N) is 2. The highest BCUT2D eigenvalue weighted by molar-refractivity contribution is 7.11. The van der Waals surface area contributed by atoms with Gasteiger partial charge in [0.1, 0.15) is 21.5 Å². The number of hydrogen-bond donors (Lipinski definition) is 0. The van der Waals surface area contributed by atoms with Crippen molar-refractivity contribution in [1.29, 1.82) is 0 Å². The molecule has 5 nitrogen and oxygen atoms in total. The van der Waals surface area contributed by atoms with Gasteiger partial charge in [-0.15, -0.1) is 21.5 Å². The van der Waals surface area contributed by atoms with Crippen LogP contribution in [0.15, 0.2) is 35.0 Å². The zero-order valence-electron chi connectivity index (χ0n) is 21.0. The molecule has 0 N–H and O–H groups in total. The maximum Gasteiger partial charge on any atom is 0.163 e. The van der Waals surface area contributed by atoms with Gasteiger partial charge in [-0.1, -0.05) is 27.7 Å². The largest absolute Gasteiger partial charge is 0.493 e. The Hall–Kier alpha value is -2.25. The summed E-state index contributed by atoms with van der Waals surface area (Å²) >= 11 is 3.26. The van der Waals surface area contributed by atoms with Gasteiger partial charge in [0, 0.05) is 30.9 Å². The Kier molecular flexibility index (Phi) is 14.3. The average Bonchev–Trinajstić information content (AvgIpc) is 3.47. The van der Waals surface area contributed by atoms with E-state index in [1.165, 1.54) is 5.56 Å². The first-order chi connectivity index (χ1) is 16.0. The lowest BCUT2D eigenvalue weighted by Crippen LogP contribution is -2.08. The number of rotatable bonds is 11. The number of benzene rings is 1. The van der Waals surface area contributed by atoms with Crippen molar-refractivity contribution in [2.24, 2.45) is 0 Å². The minimum absolute atomic E-state index is 0.0275. The van der Waals surface area contributed by atoms with Crippen LogP contribution in [-0.4, -0.2) is 28.7 Å². The molecule has 0 saturated carbocycles. The zero-order valence-corrected chi connectivity index (χ0v) is 22.6. The van der Waals surface area contributed by atoms with E-state index in [0.29, 0.717) is 30.1 Å². The summed E-state index contributed by atoms with van der Waals surface area (Å²) in [7, 11) is 0. The second-order valence-electron chi connectivity index (χ2n) is 7.08. The van der Waals surface area contributed by atoms with Crippen LogP contribution in [0.5, 0.6) is 11.5 Å². The van der Waals surface area contributed by atoms with Gasteiger partial charge >= 0.3 is 0 Å². The molecule has 7 heteroatoms. The lowest BCUT2D eigenvalue weighted by molar-refractivity contribution is 0.0979. The number of carbonyl (C=O) groups excluding carboxylic acids is 1. The van der Waals surface area contributed by atoms with Crippen molar-refractivity contribution >= 4 is 28.5 Å². The monoisotopic (exact) mass is 490 g/mol.